The molecule has 0 aromatic heterocycles. The third-order valence-corrected chi connectivity index (χ3v) is 16.1. The van der Waals surface area contributed by atoms with Gasteiger partial charge in [-0.3, -0.25) is 9.59 Å². The molecule has 0 spiro atoms. The summed E-state index contributed by atoms with van der Waals surface area (Å²) >= 11 is 0. The van der Waals surface area contributed by atoms with Crippen LogP contribution in [-0.2, 0) is 14.3 Å². The van der Waals surface area contributed by atoms with Crippen LogP contribution in [0, 0.1) is 0 Å². The first-order valence-electron chi connectivity index (χ1n) is 34.9. The van der Waals surface area contributed by atoms with Crippen molar-refractivity contribution in [3.8, 4) is 0 Å². The average Bonchev–Trinajstić information content (AvgIpc) is 3.44. The normalized spacial score (nSPS) is 12.8. The van der Waals surface area contributed by atoms with Gasteiger partial charge < -0.3 is 20.3 Å². The number of amides is 1. The zero-order valence-corrected chi connectivity index (χ0v) is 52.4. The molecule has 0 aliphatic carbocycles. The van der Waals surface area contributed by atoms with Gasteiger partial charge in [-0.05, 0) is 89.9 Å². The van der Waals surface area contributed by atoms with E-state index in [0.29, 0.717) is 19.4 Å². The fourth-order valence-electron chi connectivity index (χ4n) is 10.7. The maximum absolute atomic E-state index is 12.5. The molecule has 6 heteroatoms. The van der Waals surface area contributed by atoms with Crippen LogP contribution in [0.25, 0.3) is 0 Å². The molecule has 0 fully saturated rings. The molecule has 0 saturated carbocycles. The highest BCUT2D eigenvalue weighted by molar-refractivity contribution is 5.76. The molecule has 0 rings (SSSR count). The van der Waals surface area contributed by atoms with Crippen LogP contribution >= 0.6 is 0 Å². The molecule has 0 bridgehead atoms. The SMILES string of the molecule is CCCCCC/C=C\C/C=C\CCCCCCCC(=O)OCCCCCCCCCCCCCC/C=C\CCCCCCCCCCCCCC(=O)NC(CO)C(O)/C=C/CCCCCCCCCCCCCCCCCC. The maximum Gasteiger partial charge on any atom is 0.305 e. The number of aliphatic hydroxyl groups is 2. The van der Waals surface area contributed by atoms with E-state index in [0.717, 1.165) is 51.4 Å². The van der Waals surface area contributed by atoms with Gasteiger partial charge in [-0.25, -0.2) is 0 Å². The number of carbonyl (C=O) groups is 2. The summed E-state index contributed by atoms with van der Waals surface area (Å²) in [6.45, 7) is 4.90. The standard InChI is InChI=1S/C72H135NO5/c1-3-5-7-9-11-13-15-17-19-21-33-36-40-44-48-52-56-60-64-70(75)69(68-74)73-71(76)65-61-57-53-49-45-41-37-34-31-29-27-25-23-22-24-26-28-30-32-35-39-43-47-51-55-59-63-67-78-72(77)66-62-58-54-50-46-42-38-20-18-16-14-12-10-8-6-4-2/h14,16,20,22-23,38,60,64,69-70,74-75H,3-13,15,17-19,21,24-37,39-59,61-63,65-68H2,1-2H3,(H,73,76)/b16-14-,23-22-,38-20-,64-60+. The molecule has 0 saturated heterocycles. The van der Waals surface area contributed by atoms with Crippen molar-refractivity contribution in [2.45, 2.75) is 386 Å². The molecule has 2 unspecified atom stereocenters. The zero-order chi connectivity index (χ0) is 56.4. The number of aliphatic hydroxyl groups excluding tert-OH is 2. The summed E-state index contributed by atoms with van der Waals surface area (Å²) in [5.41, 5.74) is 0. The smallest absolute Gasteiger partial charge is 0.305 e. The predicted molar refractivity (Wildman–Crippen MR) is 342 cm³/mol. The monoisotopic (exact) mass is 1090 g/mol. The highest BCUT2D eigenvalue weighted by Gasteiger charge is 2.18. The topological polar surface area (TPSA) is 95.9 Å². The van der Waals surface area contributed by atoms with Crippen molar-refractivity contribution in [2.24, 2.45) is 0 Å². The van der Waals surface area contributed by atoms with E-state index < -0.39 is 12.1 Å². The van der Waals surface area contributed by atoms with Crippen molar-refractivity contribution in [2.75, 3.05) is 13.2 Å². The lowest BCUT2D eigenvalue weighted by atomic mass is 10.0. The van der Waals surface area contributed by atoms with Gasteiger partial charge >= 0.3 is 5.97 Å². The second-order valence-electron chi connectivity index (χ2n) is 23.9. The van der Waals surface area contributed by atoms with Gasteiger partial charge in [-0.15, -0.1) is 0 Å². The molecule has 458 valence electrons. The largest absolute Gasteiger partial charge is 0.466 e. The van der Waals surface area contributed by atoms with Gasteiger partial charge in [0.2, 0.25) is 5.91 Å². The van der Waals surface area contributed by atoms with Gasteiger partial charge in [0.05, 0.1) is 25.4 Å². The number of rotatable bonds is 65. The van der Waals surface area contributed by atoms with E-state index >= 15 is 0 Å². The zero-order valence-electron chi connectivity index (χ0n) is 52.4. The van der Waals surface area contributed by atoms with E-state index in [4.69, 9.17) is 4.74 Å². The fraction of sp³-hybridized carbons (Fsp3) is 0.861. The Bertz CT molecular complexity index is 1310. The van der Waals surface area contributed by atoms with Crippen molar-refractivity contribution < 1.29 is 24.5 Å². The molecule has 1 amide bonds. The summed E-state index contributed by atoms with van der Waals surface area (Å²) in [6.07, 6.45) is 87.5. The van der Waals surface area contributed by atoms with E-state index in [1.165, 1.54) is 295 Å². The Morgan fingerprint density at radius 2 is 0.641 bits per heavy atom. The Labute approximate surface area is 486 Å². The highest BCUT2D eigenvalue weighted by atomic mass is 16.5. The second kappa shape index (κ2) is 67.3. The van der Waals surface area contributed by atoms with Crippen molar-refractivity contribution in [1.29, 1.82) is 0 Å². The van der Waals surface area contributed by atoms with Gasteiger partial charge in [0.25, 0.3) is 0 Å². The molecule has 0 aliphatic rings. The summed E-state index contributed by atoms with van der Waals surface area (Å²) in [7, 11) is 0. The third-order valence-electron chi connectivity index (χ3n) is 16.1. The molecule has 0 aromatic rings. The molecular formula is C72H135NO5. The number of allylic oxidation sites excluding steroid dienone is 7. The number of ether oxygens (including phenoxy) is 1. The van der Waals surface area contributed by atoms with Crippen LogP contribution in [0.3, 0.4) is 0 Å². The number of esters is 1. The van der Waals surface area contributed by atoms with Crippen LogP contribution in [0.1, 0.15) is 373 Å². The van der Waals surface area contributed by atoms with Gasteiger partial charge in [-0.1, -0.05) is 319 Å². The van der Waals surface area contributed by atoms with Crippen LogP contribution in [0.15, 0.2) is 48.6 Å². The Balaban J connectivity index is 3.41. The molecule has 3 N–H and O–H groups in total. The van der Waals surface area contributed by atoms with Crippen LogP contribution < -0.4 is 5.32 Å². The summed E-state index contributed by atoms with van der Waals surface area (Å²) < 4.78 is 5.49. The number of hydrogen-bond donors (Lipinski definition) is 3. The minimum Gasteiger partial charge on any atom is -0.466 e. The molecule has 6 nitrogen and oxygen atoms in total. The Morgan fingerprint density at radius 3 is 1.00 bits per heavy atom. The van der Waals surface area contributed by atoms with Crippen molar-refractivity contribution in [3.63, 3.8) is 0 Å². The van der Waals surface area contributed by atoms with Crippen molar-refractivity contribution >= 4 is 11.9 Å². The minimum atomic E-state index is -0.846. The maximum atomic E-state index is 12.5. The Hall–Kier alpha value is -2.18. The van der Waals surface area contributed by atoms with Crippen LogP contribution in [-0.4, -0.2) is 47.4 Å². The molecular weight excluding hydrogens is 959 g/mol. The average molecular weight is 1090 g/mol. The Morgan fingerprint density at radius 1 is 0.359 bits per heavy atom. The van der Waals surface area contributed by atoms with E-state index in [1.807, 2.05) is 6.08 Å². The van der Waals surface area contributed by atoms with Crippen LogP contribution in [0.2, 0.25) is 0 Å². The third kappa shape index (κ3) is 63.0. The first kappa shape index (κ1) is 75.8. The summed E-state index contributed by atoms with van der Waals surface area (Å²) in [5.74, 6) is -0.0652. The van der Waals surface area contributed by atoms with Gasteiger partial charge in [0, 0.05) is 12.8 Å². The number of carbonyl (C=O) groups excluding carboxylic acids is 2. The first-order valence-corrected chi connectivity index (χ1v) is 34.9. The lowest BCUT2D eigenvalue weighted by Crippen LogP contribution is -2.45. The lowest BCUT2D eigenvalue weighted by Gasteiger charge is -2.20. The van der Waals surface area contributed by atoms with E-state index in [9.17, 15) is 19.8 Å². The fourth-order valence-corrected chi connectivity index (χ4v) is 10.7. The summed E-state index contributed by atoms with van der Waals surface area (Å²) in [6, 6.07) is -0.630. The quantitative estimate of drug-likeness (QED) is 0.0320. The number of nitrogens with one attached hydrogen (secondary N) is 1. The lowest BCUT2D eigenvalue weighted by molar-refractivity contribution is -0.143. The second-order valence-corrected chi connectivity index (χ2v) is 23.9. The van der Waals surface area contributed by atoms with E-state index in [-0.39, 0.29) is 18.5 Å². The molecule has 78 heavy (non-hydrogen) atoms. The number of hydrogen-bond acceptors (Lipinski definition) is 5. The number of unbranched alkanes of at least 4 members (excludes halogenated alkanes) is 48. The van der Waals surface area contributed by atoms with E-state index in [1.54, 1.807) is 6.08 Å². The molecule has 2 atom stereocenters. The van der Waals surface area contributed by atoms with Gasteiger partial charge in [0.15, 0.2) is 0 Å². The molecule has 0 aliphatic heterocycles. The van der Waals surface area contributed by atoms with Crippen molar-refractivity contribution in [3.05, 3.63) is 48.6 Å². The van der Waals surface area contributed by atoms with Crippen molar-refractivity contribution in [1.82, 2.24) is 5.32 Å². The Kier molecular flexibility index (Phi) is 65.4. The first-order chi connectivity index (χ1) is 38.5. The summed E-state index contributed by atoms with van der Waals surface area (Å²) in [5, 5.41) is 23.2. The minimum absolute atomic E-state index is 0.00134. The van der Waals surface area contributed by atoms with Gasteiger partial charge in [-0.2, -0.15) is 0 Å². The van der Waals surface area contributed by atoms with Gasteiger partial charge in [0.1, 0.15) is 0 Å². The van der Waals surface area contributed by atoms with E-state index in [2.05, 4.69) is 55.6 Å². The van der Waals surface area contributed by atoms with Crippen LogP contribution in [0.4, 0.5) is 0 Å². The predicted octanol–water partition coefficient (Wildman–Crippen LogP) is 22.5. The molecule has 0 radical (unpaired) electrons. The molecule has 0 aromatic carbocycles. The highest BCUT2D eigenvalue weighted by Crippen LogP contribution is 2.18. The molecule has 0 heterocycles. The summed E-state index contributed by atoms with van der Waals surface area (Å²) in [4.78, 5) is 24.6. The van der Waals surface area contributed by atoms with Crippen LogP contribution in [0.5, 0.6) is 0 Å².